The molecule has 1 amide bonds. The zero-order chi connectivity index (χ0) is 18.5. The zero-order valence-corrected chi connectivity index (χ0v) is 15.9. The molecule has 1 saturated heterocycles. The van der Waals surface area contributed by atoms with Gasteiger partial charge < -0.3 is 14.6 Å². The van der Waals surface area contributed by atoms with Gasteiger partial charge in [-0.1, -0.05) is 19.3 Å². The van der Waals surface area contributed by atoms with E-state index in [-0.39, 0.29) is 17.6 Å². The molecule has 2 aliphatic rings. The summed E-state index contributed by atoms with van der Waals surface area (Å²) in [6.45, 7) is 5.43. The predicted molar refractivity (Wildman–Crippen MR) is 102 cm³/mol. The molecular weight excluding hydrogens is 326 g/mol. The topological polar surface area (TPSA) is 67.1 Å². The van der Waals surface area contributed by atoms with Crippen molar-refractivity contribution >= 4 is 12.0 Å². The number of nitrogens with one attached hydrogen (secondary N) is 1. The number of rotatable bonds is 5. The van der Waals surface area contributed by atoms with Crippen LogP contribution in [-0.2, 0) is 9.53 Å². The molecule has 0 spiro atoms. The van der Waals surface area contributed by atoms with E-state index < -0.39 is 0 Å². The summed E-state index contributed by atoms with van der Waals surface area (Å²) in [5, 5.41) is 12.3. The van der Waals surface area contributed by atoms with Gasteiger partial charge in [-0.25, -0.2) is 0 Å². The van der Waals surface area contributed by atoms with Gasteiger partial charge >= 0.3 is 0 Å². The van der Waals surface area contributed by atoms with Crippen LogP contribution in [0.5, 0.6) is 0 Å². The fourth-order valence-electron chi connectivity index (χ4n) is 4.26. The Hall–Kier alpha value is -2.06. The molecule has 0 unspecified atom stereocenters. The van der Waals surface area contributed by atoms with Gasteiger partial charge in [-0.05, 0) is 57.2 Å². The van der Waals surface area contributed by atoms with Gasteiger partial charge in [0.25, 0.3) is 5.91 Å². The molecule has 5 heteroatoms. The van der Waals surface area contributed by atoms with Gasteiger partial charge in [-0.2, -0.15) is 5.26 Å². The van der Waals surface area contributed by atoms with Crippen molar-refractivity contribution in [2.24, 2.45) is 0 Å². The second-order valence-electron chi connectivity index (χ2n) is 7.50. The van der Waals surface area contributed by atoms with Gasteiger partial charge in [0.15, 0.2) is 0 Å². The van der Waals surface area contributed by atoms with Gasteiger partial charge in [0, 0.05) is 30.6 Å². The maximum Gasteiger partial charge on any atom is 0.262 e. The molecule has 26 heavy (non-hydrogen) atoms. The van der Waals surface area contributed by atoms with Gasteiger partial charge in [-0.3, -0.25) is 4.79 Å². The monoisotopic (exact) mass is 355 g/mol. The number of amides is 1. The van der Waals surface area contributed by atoms with Crippen molar-refractivity contribution < 1.29 is 9.53 Å². The van der Waals surface area contributed by atoms with E-state index in [9.17, 15) is 10.1 Å². The average molecular weight is 355 g/mol. The second-order valence-corrected chi connectivity index (χ2v) is 7.50. The Morgan fingerprint density at radius 2 is 2.08 bits per heavy atom. The highest BCUT2D eigenvalue weighted by atomic mass is 16.5. The molecule has 1 aromatic rings. The van der Waals surface area contributed by atoms with Crippen molar-refractivity contribution in [1.29, 1.82) is 5.26 Å². The van der Waals surface area contributed by atoms with Crippen LogP contribution in [0.15, 0.2) is 11.6 Å². The fourth-order valence-corrected chi connectivity index (χ4v) is 4.26. The first-order valence-corrected chi connectivity index (χ1v) is 9.80. The lowest BCUT2D eigenvalue weighted by molar-refractivity contribution is -0.117. The highest BCUT2D eigenvalue weighted by molar-refractivity contribution is 6.01. The molecule has 1 atom stereocenters. The van der Waals surface area contributed by atoms with E-state index in [1.54, 1.807) is 6.08 Å². The first-order chi connectivity index (χ1) is 12.6. The Labute approximate surface area is 156 Å². The molecule has 1 aliphatic carbocycles. The highest BCUT2D eigenvalue weighted by Crippen LogP contribution is 2.32. The van der Waals surface area contributed by atoms with Crippen molar-refractivity contribution in [2.45, 2.75) is 70.9 Å². The van der Waals surface area contributed by atoms with E-state index in [1.807, 2.05) is 0 Å². The van der Waals surface area contributed by atoms with Crippen molar-refractivity contribution in [3.05, 3.63) is 28.6 Å². The Morgan fingerprint density at radius 1 is 1.31 bits per heavy atom. The molecular formula is C21H29N3O2. The van der Waals surface area contributed by atoms with Crippen LogP contribution in [0.1, 0.15) is 67.9 Å². The molecule has 1 aliphatic heterocycles. The van der Waals surface area contributed by atoms with Crippen LogP contribution in [0.4, 0.5) is 0 Å². The predicted octanol–water partition coefficient (Wildman–Crippen LogP) is 3.81. The third kappa shape index (κ3) is 4.19. The molecule has 1 N–H and O–H groups in total. The van der Waals surface area contributed by atoms with Crippen molar-refractivity contribution in [1.82, 2.24) is 9.88 Å². The Bertz CT molecular complexity index is 714. The van der Waals surface area contributed by atoms with E-state index in [2.05, 4.69) is 35.9 Å². The summed E-state index contributed by atoms with van der Waals surface area (Å²) >= 11 is 0. The first kappa shape index (κ1) is 18.7. The van der Waals surface area contributed by atoms with Crippen LogP contribution in [0.2, 0.25) is 0 Å². The standard InChI is InChI=1S/C21H29N3O2/c1-15-11-17(16(2)24(15)19-7-4-3-5-8-19)12-18(13-22)21(25)23-14-20-9-6-10-26-20/h11-12,19-20H,3-10,14H2,1-2H3,(H,23,25)/b18-12+/t20-/m0/s1. The van der Waals surface area contributed by atoms with Crippen LogP contribution >= 0.6 is 0 Å². The van der Waals surface area contributed by atoms with Crippen LogP contribution < -0.4 is 5.32 Å². The van der Waals surface area contributed by atoms with Crippen molar-refractivity contribution in [2.75, 3.05) is 13.2 Å². The first-order valence-electron chi connectivity index (χ1n) is 9.80. The normalized spacial score (nSPS) is 21.6. The van der Waals surface area contributed by atoms with Crippen LogP contribution in [0.3, 0.4) is 0 Å². The molecule has 1 aromatic heterocycles. The number of hydrogen-bond acceptors (Lipinski definition) is 3. The molecule has 1 saturated carbocycles. The summed E-state index contributed by atoms with van der Waals surface area (Å²) in [7, 11) is 0. The van der Waals surface area contributed by atoms with Crippen LogP contribution in [0.25, 0.3) is 6.08 Å². The van der Waals surface area contributed by atoms with E-state index in [1.165, 1.54) is 37.8 Å². The third-order valence-electron chi connectivity index (χ3n) is 5.64. The zero-order valence-electron chi connectivity index (χ0n) is 15.9. The molecule has 140 valence electrons. The minimum absolute atomic E-state index is 0.0789. The summed E-state index contributed by atoms with van der Waals surface area (Å²) in [6.07, 6.45) is 10.1. The maximum absolute atomic E-state index is 12.4. The van der Waals surface area contributed by atoms with Gasteiger partial charge in [0.2, 0.25) is 0 Å². The van der Waals surface area contributed by atoms with Crippen LogP contribution in [-0.4, -0.2) is 29.7 Å². The number of carbonyl (C=O) groups excluding carboxylic acids is 1. The number of aromatic nitrogens is 1. The minimum Gasteiger partial charge on any atom is -0.376 e. The summed E-state index contributed by atoms with van der Waals surface area (Å²) in [6, 6.07) is 4.70. The Morgan fingerprint density at radius 3 is 2.73 bits per heavy atom. The Kier molecular flexibility index (Phi) is 6.16. The SMILES string of the molecule is Cc1cc(/C=C(\C#N)C(=O)NC[C@@H]2CCCO2)c(C)n1C1CCCCC1. The average Bonchev–Trinajstić information content (AvgIpc) is 3.26. The number of aryl methyl sites for hydroxylation is 1. The molecule has 5 nitrogen and oxygen atoms in total. The lowest BCUT2D eigenvalue weighted by Crippen LogP contribution is -2.32. The second kappa shape index (κ2) is 8.55. The molecule has 2 fully saturated rings. The van der Waals surface area contributed by atoms with Crippen LogP contribution in [0, 0.1) is 25.2 Å². The summed E-state index contributed by atoms with van der Waals surface area (Å²) in [4.78, 5) is 12.4. The van der Waals surface area contributed by atoms with E-state index >= 15 is 0 Å². The number of carbonyl (C=O) groups is 1. The van der Waals surface area contributed by atoms with Gasteiger partial charge in [0.1, 0.15) is 11.6 Å². The minimum atomic E-state index is -0.314. The third-order valence-corrected chi connectivity index (χ3v) is 5.64. The smallest absolute Gasteiger partial charge is 0.262 e. The largest absolute Gasteiger partial charge is 0.376 e. The number of ether oxygens (including phenoxy) is 1. The number of nitrogens with zero attached hydrogens (tertiary/aromatic N) is 2. The van der Waals surface area contributed by atoms with E-state index in [0.717, 1.165) is 30.7 Å². The van der Waals surface area contributed by atoms with E-state index in [4.69, 9.17) is 4.74 Å². The quantitative estimate of drug-likeness (QED) is 0.645. The molecule has 2 heterocycles. The molecule has 0 aromatic carbocycles. The van der Waals surface area contributed by atoms with Gasteiger partial charge in [0.05, 0.1) is 6.10 Å². The molecule has 0 radical (unpaired) electrons. The number of hydrogen-bond donors (Lipinski definition) is 1. The van der Waals surface area contributed by atoms with Gasteiger partial charge in [-0.15, -0.1) is 0 Å². The fraction of sp³-hybridized carbons (Fsp3) is 0.619. The Balaban J connectivity index is 1.74. The lowest BCUT2D eigenvalue weighted by atomic mass is 9.95. The van der Waals surface area contributed by atoms with Crippen molar-refractivity contribution in [3.63, 3.8) is 0 Å². The molecule has 0 bridgehead atoms. The summed E-state index contributed by atoms with van der Waals surface area (Å²) in [5.41, 5.74) is 3.48. The maximum atomic E-state index is 12.4. The highest BCUT2D eigenvalue weighted by Gasteiger charge is 2.21. The summed E-state index contributed by atoms with van der Waals surface area (Å²) in [5.74, 6) is -0.314. The molecule has 3 rings (SSSR count). The van der Waals surface area contributed by atoms with E-state index in [0.29, 0.717) is 12.6 Å². The number of nitriles is 1. The van der Waals surface area contributed by atoms with Crippen molar-refractivity contribution in [3.8, 4) is 6.07 Å². The summed E-state index contributed by atoms with van der Waals surface area (Å²) < 4.78 is 7.91. The lowest BCUT2D eigenvalue weighted by Gasteiger charge is -2.26.